The predicted molar refractivity (Wildman–Crippen MR) is 246 cm³/mol. The molecular weight excluding hydrogens is 707 g/mol. The number of aliphatic hydroxyl groups excluding tert-OH is 2. The van der Waals surface area contributed by atoms with Gasteiger partial charge in [0.05, 0.1) is 25.2 Å². The Morgan fingerprint density at radius 1 is 0.509 bits per heavy atom. The lowest BCUT2D eigenvalue weighted by Crippen LogP contribution is -2.46. The van der Waals surface area contributed by atoms with Crippen molar-refractivity contribution in [3.63, 3.8) is 0 Å². The minimum Gasteiger partial charge on any atom is -0.462 e. The molecule has 0 aliphatic carbocycles. The smallest absolute Gasteiger partial charge is 0.306 e. The molecule has 0 fully saturated rings. The minimum atomic E-state index is -0.794. The lowest BCUT2D eigenvalue weighted by atomic mass is 10.0. The fraction of sp³-hybridized carbons (Fsp3) is 0.843. The molecule has 0 bridgehead atoms. The molecule has 1 amide bonds. The SMILES string of the molecule is CCCCC/C=C\C/C=C\C/C=C\CCCCC(CC(=O)NC(CO)C(O)CCCCCCCCCCCCCCCC)OC(=O)CCCCCCCCCCC. The Hall–Kier alpha value is -1.92. The Bertz CT molecular complexity index is 946. The number of hydrogen-bond acceptors (Lipinski definition) is 5. The van der Waals surface area contributed by atoms with Crippen molar-refractivity contribution in [1.82, 2.24) is 5.32 Å². The summed E-state index contributed by atoms with van der Waals surface area (Å²) in [5, 5.41) is 23.7. The first kappa shape index (κ1) is 55.1. The van der Waals surface area contributed by atoms with Gasteiger partial charge in [-0.15, -0.1) is 0 Å². The zero-order valence-electron chi connectivity index (χ0n) is 38.0. The second kappa shape index (κ2) is 45.2. The first-order chi connectivity index (χ1) is 28.0. The lowest BCUT2D eigenvalue weighted by molar-refractivity contribution is -0.151. The van der Waals surface area contributed by atoms with E-state index < -0.39 is 18.2 Å². The van der Waals surface area contributed by atoms with Crippen LogP contribution >= 0.6 is 0 Å². The van der Waals surface area contributed by atoms with Gasteiger partial charge in [0.15, 0.2) is 0 Å². The van der Waals surface area contributed by atoms with Gasteiger partial charge in [0.2, 0.25) is 5.91 Å². The zero-order valence-corrected chi connectivity index (χ0v) is 38.0. The number of aliphatic hydroxyl groups is 2. The number of carbonyl (C=O) groups excluding carboxylic acids is 2. The van der Waals surface area contributed by atoms with Crippen LogP contribution in [0, 0.1) is 0 Å². The minimum absolute atomic E-state index is 0.0548. The Morgan fingerprint density at radius 3 is 1.37 bits per heavy atom. The summed E-state index contributed by atoms with van der Waals surface area (Å²) >= 11 is 0. The predicted octanol–water partition coefficient (Wildman–Crippen LogP) is 14.5. The highest BCUT2D eigenvalue weighted by molar-refractivity contribution is 5.77. The van der Waals surface area contributed by atoms with Crippen LogP contribution in [0.1, 0.15) is 252 Å². The van der Waals surface area contributed by atoms with Gasteiger partial charge in [-0.2, -0.15) is 0 Å². The van der Waals surface area contributed by atoms with E-state index in [1.807, 2.05) is 0 Å². The van der Waals surface area contributed by atoms with Crippen molar-refractivity contribution in [3.05, 3.63) is 36.5 Å². The van der Waals surface area contributed by atoms with E-state index in [1.165, 1.54) is 135 Å². The van der Waals surface area contributed by atoms with Gasteiger partial charge in [-0.05, 0) is 64.2 Å². The molecule has 3 atom stereocenters. The van der Waals surface area contributed by atoms with Gasteiger partial charge < -0.3 is 20.3 Å². The van der Waals surface area contributed by atoms with E-state index >= 15 is 0 Å². The third-order valence-corrected chi connectivity index (χ3v) is 11.2. The number of rotatable bonds is 44. The van der Waals surface area contributed by atoms with Gasteiger partial charge in [-0.25, -0.2) is 0 Å². The first-order valence-corrected chi connectivity index (χ1v) is 24.7. The quantitative estimate of drug-likeness (QED) is 0.0324. The second-order valence-electron chi connectivity index (χ2n) is 16.9. The highest BCUT2D eigenvalue weighted by atomic mass is 16.5. The number of carbonyl (C=O) groups is 2. The van der Waals surface area contributed by atoms with Gasteiger partial charge in [0.25, 0.3) is 0 Å². The molecular formula is C51H95NO5. The number of nitrogens with one attached hydrogen (secondary N) is 1. The van der Waals surface area contributed by atoms with E-state index in [0.29, 0.717) is 19.3 Å². The summed E-state index contributed by atoms with van der Waals surface area (Å²) in [6.45, 7) is 6.43. The number of ether oxygens (including phenoxy) is 1. The van der Waals surface area contributed by atoms with E-state index in [9.17, 15) is 19.8 Å². The van der Waals surface area contributed by atoms with E-state index in [4.69, 9.17) is 4.74 Å². The topological polar surface area (TPSA) is 95.9 Å². The van der Waals surface area contributed by atoms with Crippen LogP contribution in [0.25, 0.3) is 0 Å². The van der Waals surface area contributed by atoms with Crippen LogP contribution in [0.5, 0.6) is 0 Å². The van der Waals surface area contributed by atoms with Gasteiger partial charge >= 0.3 is 5.97 Å². The monoisotopic (exact) mass is 802 g/mol. The molecule has 0 radical (unpaired) electrons. The fourth-order valence-electron chi connectivity index (χ4n) is 7.44. The molecule has 6 heteroatoms. The van der Waals surface area contributed by atoms with Crippen molar-refractivity contribution < 1.29 is 24.5 Å². The van der Waals surface area contributed by atoms with E-state index in [0.717, 1.165) is 70.6 Å². The second-order valence-corrected chi connectivity index (χ2v) is 16.9. The van der Waals surface area contributed by atoms with Crippen molar-refractivity contribution >= 4 is 11.9 Å². The summed E-state index contributed by atoms with van der Waals surface area (Å²) < 4.78 is 5.89. The molecule has 3 N–H and O–H groups in total. The maximum absolute atomic E-state index is 13.2. The number of hydrogen-bond donors (Lipinski definition) is 3. The molecule has 0 rings (SSSR count). The molecule has 0 aromatic carbocycles. The summed E-state index contributed by atoms with van der Waals surface area (Å²) in [5.41, 5.74) is 0. The Labute approximate surface area is 353 Å². The maximum Gasteiger partial charge on any atom is 0.306 e. The van der Waals surface area contributed by atoms with Gasteiger partial charge in [0.1, 0.15) is 6.10 Å². The van der Waals surface area contributed by atoms with E-state index in [-0.39, 0.29) is 24.9 Å². The fourth-order valence-corrected chi connectivity index (χ4v) is 7.44. The number of allylic oxidation sites excluding steroid dienone is 6. The summed E-state index contributed by atoms with van der Waals surface area (Å²) in [5.74, 6) is -0.507. The van der Waals surface area contributed by atoms with Crippen molar-refractivity contribution in [1.29, 1.82) is 0 Å². The summed E-state index contributed by atoms with van der Waals surface area (Å²) in [6.07, 6.45) is 52.0. The highest BCUT2D eigenvalue weighted by Crippen LogP contribution is 2.17. The van der Waals surface area contributed by atoms with E-state index in [1.54, 1.807) is 0 Å². The van der Waals surface area contributed by atoms with Crippen molar-refractivity contribution in [2.45, 2.75) is 270 Å². The third-order valence-electron chi connectivity index (χ3n) is 11.2. The Balaban J connectivity index is 4.60. The molecule has 0 aliphatic rings. The highest BCUT2D eigenvalue weighted by Gasteiger charge is 2.24. The standard InChI is InChI=1S/C51H95NO5/c1-4-7-10-13-16-19-21-23-25-26-28-31-33-36-39-42-47(57-51(56)44-41-38-35-30-18-15-12-9-6-3)45-50(55)52-48(46-53)49(54)43-40-37-34-32-29-27-24-22-20-17-14-11-8-5-2/h16,19,23,25,28,31,47-49,53-54H,4-15,17-18,20-22,24,26-27,29-30,32-46H2,1-3H3,(H,52,55)/b19-16-,25-23-,31-28-. The van der Waals surface area contributed by atoms with Gasteiger partial charge in [-0.3, -0.25) is 9.59 Å². The largest absolute Gasteiger partial charge is 0.462 e. The normalized spacial score (nSPS) is 13.6. The van der Waals surface area contributed by atoms with E-state index in [2.05, 4.69) is 62.5 Å². The first-order valence-electron chi connectivity index (χ1n) is 24.7. The molecule has 0 saturated carbocycles. The summed E-state index contributed by atoms with van der Waals surface area (Å²) in [6, 6.07) is -0.709. The van der Waals surface area contributed by atoms with Crippen LogP contribution in [-0.2, 0) is 14.3 Å². The van der Waals surface area contributed by atoms with Gasteiger partial charge in [-0.1, -0.05) is 211 Å². The Kier molecular flexibility index (Phi) is 43.6. The van der Waals surface area contributed by atoms with Crippen LogP contribution in [0.2, 0.25) is 0 Å². The Morgan fingerprint density at radius 2 is 0.895 bits per heavy atom. The summed E-state index contributed by atoms with van der Waals surface area (Å²) in [7, 11) is 0. The molecule has 334 valence electrons. The molecule has 0 heterocycles. The number of esters is 1. The average Bonchev–Trinajstić information content (AvgIpc) is 3.20. The molecule has 0 spiro atoms. The molecule has 0 aliphatic heterocycles. The third kappa shape index (κ3) is 40.6. The van der Waals surface area contributed by atoms with Crippen molar-refractivity contribution in [2.75, 3.05) is 6.61 Å². The maximum atomic E-state index is 13.2. The molecule has 57 heavy (non-hydrogen) atoms. The van der Waals surface area contributed by atoms with Crippen LogP contribution < -0.4 is 5.32 Å². The van der Waals surface area contributed by atoms with Crippen LogP contribution in [0.15, 0.2) is 36.5 Å². The summed E-state index contributed by atoms with van der Waals surface area (Å²) in [4.78, 5) is 26.0. The molecule has 6 nitrogen and oxygen atoms in total. The van der Waals surface area contributed by atoms with Gasteiger partial charge in [0, 0.05) is 6.42 Å². The number of amides is 1. The average molecular weight is 802 g/mol. The molecule has 0 saturated heterocycles. The van der Waals surface area contributed by atoms with Crippen LogP contribution in [0.4, 0.5) is 0 Å². The van der Waals surface area contributed by atoms with Crippen LogP contribution in [0.3, 0.4) is 0 Å². The van der Waals surface area contributed by atoms with Crippen molar-refractivity contribution in [2.24, 2.45) is 0 Å². The molecule has 0 aromatic rings. The number of unbranched alkanes of at least 4 members (excludes halogenated alkanes) is 26. The zero-order chi connectivity index (χ0) is 41.7. The van der Waals surface area contributed by atoms with Crippen LogP contribution in [-0.4, -0.2) is 46.9 Å². The molecule has 0 aromatic heterocycles. The lowest BCUT2D eigenvalue weighted by Gasteiger charge is -2.24. The van der Waals surface area contributed by atoms with Crippen molar-refractivity contribution in [3.8, 4) is 0 Å². The molecule has 3 unspecified atom stereocenters.